The van der Waals surface area contributed by atoms with Crippen molar-refractivity contribution in [1.82, 2.24) is 0 Å². The zero-order chi connectivity index (χ0) is 17.9. The van der Waals surface area contributed by atoms with Gasteiger partial charge in [-0.2, -0.15) is 0 Å². The molecule has 0 amide bonds. The van der Waals surface area contributed by atoms with Crippen molar-refractivity contribution < 1.29 is 9.47 Å². The number of ether oxygens (including phenoxy) is 2. The molecule has 0 aromatic rings. The molecule has 0 aromatic heterocycles. The SMILES string of the molecule is CCCCCCCCCCCCCCCCCCC([SiH3])(OC)OC. The van der Waals surface area contributed by atoms with Gasteiger partial charge in [-0.1, -0.05) is 103 Å². The van der Waals surface area contributed by atoms with Crippen LogP contribution in [0.4, 0.5) is 0 Å². The Balaban J connectivity index is 3.13. The van der Waals surface area contributed by atoms with Gasteiger partial charge in [-0.05, 0) is 12.8 Å². The van der Waals surface area contributed by atoms with Gasteiger partial charge >= 0.3 is 0 Å². The van der Waals surface area contributed by atoms with E-state index in [-0.39, 0.29) is 5.41 Å². The van der Waals surface area contributed by atoms with Crippen molar-refractivity contribution in [3.8, 4) is 0 Å². The van der Waals surface area contributed by atoms with Gasteiger partial charge in [0.15, 0.2) is 0 Å². The lowest BCUT2D eigenvalue weighted by Gasteiger charge is -2.26. The first-order chi connectivity index (χ1) is 11.7. The monoisotopic (exact) mass is 358 g/mol. The minimum absolute atomic E-state index is 0.240. The van der Waals surface area contributed by atoms with Gasteiger partial charge in [-0.25, -0.2) is 0 Å². The van der Waals surface area contributed by atoms with Crippen LogP contribution in [0.2, 0.25) is 0 Å². The number of methoxy groups -OCH3 is 2. The van der Waals surface area contributed by atoms with Gasteiger partial charge in [0, 0.05) is 14.2 Å². The van der Waals surface area contributed by atoms with Crippen LogP contribution in [0.15, 0.2) is 0 Å². The lowest BCUT2D eigenvalue weighted by molar-refractivity contribution is -0.146. The second-order valence-corrected chi connectivity index (χ2v) is 9.12. The van der Waals surface area contributed by atoms with Crippen LogP contribution in [0.5, 0.6) is 0 Å². The molecule has 24 heavy (non-hydrogen) atoms. The molecule has 0 unspecified atom stereocenters. The van der Waals surface area contributed by atoms with Crippen molar-refractivity contribution in [1.29, 1.82) is 0 Å². The van der Waals surface area contributed by atoms with E-state index in [9.17, 15) is 0 Å². The molecule has 0 N–H and O–H groups in total. The minimum Gasteiger partial charge on any atom is -0.358 e. The normalized spacial score (nSPS) is 12.1. The van der Waals surface area contributed by atoms with Crippen molar-refractivity contribution in [2.24, 2.45) is 0 Å². The van der Waals surface area contributed by atoms with E-state index in [1.165, 1.54) is 103 Å². The molecule has 0 aliphatic rings. The molecule has 0 fully saturated rings. The fourth-order valence-corrected chi connectivity index (χ4v) is 3.64. The Kier molecular flexibility index (Phi) is 18.0. The fraction of sp³-hybridized carbons (Fsp3) is 1.00. The molecule has 0 atom stereocenters. The number of rotatable bonds is 19. The maximum atomic E-state index is 5.45. The molecule has 0 saturated carbocycles. The molecule has 0 aliphatic heterocycles. The molecular formula is C21H46O2Si. The third kappa shape index (κ3) is 15.7. The van der Waals surface area contributed by atoms with Crippen LogP contribution < -0.4 is 0 Å². The minimum atomic E-state index is -0.240. The summed E-state index contributed by atoms with van der Waals surface area (Å²) in [6.07, 6.45) is 23.8. The highest BCUT2D eigenvalue weighted by molar-refractivity contribution is 6.13. The molecular weight excluding hydrogens is 312 g/mol. The predicted molar refractivity (Wildman–Crippen MR) is 111 cm³/mol. The summed E-state index contributed by atoms with van der Waals surface area (Å²) in [5.41, 5.74) is -0.240. The smallest absolute Gasteiger partial charge is 0.140 e. The molecule has 146 valence electrons. The number of hydrogen-bond acceptors (Lipinski definition) is 2. The Bertz CT molecular complexity index is 242. The summed E-state index contributed by atoms with van der Waals surface area (Å²) < 4.78 is 10.9. The van der Waals surface area contributed by atoms with Gasteiger partial charge in [-0.15, -0.1) is 0 Å². The summed E-state index contributed by atoms with van der Waals surface area (Å²) in [5.74, 6) is 0. The van der Waals surface area contributed by atoms with Crippen LogP contribution in [-0.2, 0) is 9.47 Å². The van der Waals surface area contributed by atoms with Crippen molar-refractivity contribution in [3.63, 3.8) is 0 Å². The van der Waals surface area contributed by atoms with Crippen molar-refractivity contribution in [2.45, 2.75) is 121 Å². The third-order valence-electron chi connectivity index (χ3n) is 5.35. The highest BCUT2D eigenvalue weighted by Crippen LogP contribution is 2.18. The average molecular weight is 359 g/mol. The molecule has 0 bridgehead atoms. The van der Waals surface area contributed by atoms with E-state index in [2.05, 4.69) is 6.92 Å². The van der Waals surface area contributed by atoms with E-state index < -0.39 is 0 Å². The first kappa shape index (κ1) is 24.1. The Morgan fingerprint density at radius 2 is 0.833 bits per heavy atom. The molecule has 0 aliphatic carbocycles. The van der Waals surface area contributed by atoms with Gasteiger partial charge in [0.1, 0.15) is 5.41 Å². The van der Waals surface area contributed by atoms with Crippen LogP contribution in [0.3, 0.4) is 0 Å². The maximum Gasteiger partial charge on any atom is 0.140 e. The molecule has 0 radical (unpaired) electrons. The lowest BCUT2D eigenvalue weighted by atomic mass is 10.0. The summed E-state index contributed by atoms with van der Waals surface area (Å²) >= 11 is 0. The number of unbranched alkanes of at least 4 members (excludes halogenated alkanes) is 15. The molecule has 0 heterocycles. The number of hydrogen-bond donors (Lipinski definition) is 0. The second-order valence-electron chi connectivity index (χ2n) is 7.60. The largest absolute Gasteiger partial charge is 0.358 e. The van der Waals surface area contributed by atoms with Crippen LogP contribution in [0.1, 0.15) is 116 Å². The topological polar surface area (TPSA) is 18.5 Å². The van der Waals surface area contributed by atoms with Gasteiger partial charge in [0.05, 0.1) is 10.2 Å². The summed E-state index contributed by atoms with van der Waals surface area (Å²) in [6, 6.07) is 0. The highest BCUT2D eigenvalue weighted by atomic mass is 28.1. The van der Waals surface area contributed by atoms with Gasteiger partial charge < -0.3 is 9.47 Å². The molecule has 0 aromatic carbocycles. The second kappa shape index (κ2) is 17.9. The lowest BCUT2D eigenvalue weighted by Crippen LogP contribution is -2.33. The first-order valence-electron chi connectivity index (χ1n) is 10.8. The Labute approximate surface area is 155 Å². The zero-order valence-corrected chi connectivity index (χ0v) is 19.3. The van der Waals surface area contributed by atoms with E-state index in [0.717, 1.165) is 16.7 Å². The Hall–Kier alpha value is 0.137. The van der Waals surface area contributed by atoms with Crippen molar-refractivity contribution >= 4 is 10.2 Å². The Morgan fingerprint density at radius 1 is 0.542 bits per heavy atom. The van der Waals surface area contributed by atoms with E-state index >= 15 is 0 Å². The van der Waals surface area contributed by atoms with Crippen LogP contribution in [-0.4, -0.2) is 29.9 Å². The molecule has 0 spiro atoms. The summed E-state index contributed by atoms with van der Waals surface area (Å²) in [4.78, 5) is 0. The highest BCUT2D eigenvalue weighted by Gasteiger charge is 2.20. The van der Waals surface area contributed by atoms with Gasteiger partial charge in [0.25, 0.3) is 0 Å². The van der Waals surface area contributed by atoms with Gasteiger partial charge in [-0.3, -0.25) is 0 Å². The van der Waals surface area contributed by atoms with Crippen molar-refractivity contribution in [2.75, 3.05) is 14.2 Å². The fourth-order valence-electron chi connectivity index (χ4n) is 3.28. The van der Waals surface area contributed by atoms with E-state index in [1.54, 1.807) is 14.2 Å². The maximum absolute atomic E-state index is 5.45. The van der Waals surface area contributed by atoms with E-state index in [0.29, 0.717) is 0 Å². The van der Waals surface area contributed by atoms with E-state index in [1.807, 2.05) is 0 Å². The summed E-state index contributed by atoms with van der Waals surface area (Å²) in [6.45, 7) is 2.29. The summed E-state index contributed by atoms with van der Waals surface area (Å²) in [7, 11) is 4.48. The Morgan fingerprint density at radius 3 is 1.12 bits per heavy atom. The molecule has 0 saturated heterocycles. The van der Waals surface area contributed by atoms with Crippen LogP contribution in [0, 0.1) is 0 Å². The van der Waals surface area contributed by atoms with Gasteiger partial charge in [0.2, 0.25) is 0 Å². The zero-order valence-electron chi connectivity index (χ0n) is 17.3. The molecule has 3 heteroatoms. The average Bonchev–Trinajstić information content (AvgIpc) is 2.61. The van der Waals surface area contributed by atoms with Crippen LogP contribution >= 0.6 is 0 Å². The standard InChI is InChI=1S/C21H46O2Si/c1-4-5-6-7-8-9-10-11-12-13-14-15-16-17-18-19-20-21(24,22-2)23-3/h4-20H2,1-3,24H3. The third-order valence-corrected chi connectivity index (χ3v) is 6.66. The molecule has 2 nitrogen and oxygen atoms in total. The van der Waals surface area contributed by atoms with E-state index in [4.69, 9.17) is 9.47 Å². The molecule has 0 rings (SSSR count). The van der Waals surface area contributed by atoms with Crippen molar-refractivity contribution in [3.05, 3.63) is 0 Å². The quantitative estimate of drug-likeness (QED) is 0.161. The summed E-state index contributed by atoms with van der Waals surface area (Å²) in [5, 5.41) is 0. The predicted octanol–water partition coefficient (Wildman–Crippen LogP) is 5.95. The van der Waals surface area contributed by atoms with Crippen LogP contribution in [0.25, 0.3) is 0 Å². The first-order valence-corrected chi connectivity index (χ1v) is 11.8.